The molecule has 0 aliphatic rings. The van der Waals surface area contributed by atoms with Gasteiger partial charge in [0, 0.05) is 12.6 Å². The monoisotopic (exact) mass is 277 g/mol. The third-order valence-corrected chi connectivity index (χ3v) is 3.78. The molecule has 1 rings (SSSR count). The van der Waals surface area contributed by atoms with E-state index in [0.717, 1.165) is 24.3 Å². The molecular formula is C16H23NOS. The lowest BCUT2D eigenvalue weighted by molar-refractivity contribution is -0.111. The number of unbranched alkanes of at least 4 members (excludes halogenated alkanes) is 6. The van der Waals surface area contributed by atoms with Crippen molar-refractivity contribution in [3.8, 4) is 0 Å². The number of hydrogen-bond donors (Lipinski definition) is 0. The molecule has 1 aromatic heterocycles. The first-order valence-electron chi connectivity index (χ1n) is 7.05. The minimum Gasteiger partial charge on any atom is -0.287 e. The van der Waals surface area contributed by atoms with E-state index in [2.05, 4.69) is 11.6 Å². The van der Waals surface area contributed by atoms with Crippen molar-refractivity contribution >= 4 is 16.9 Å². The van der Waals surface area contributed by atoms with Crippen molar-refractivity contribution in [1.82, 2.24) is 4.98 Å². The van der Waals surface area contributed by atoms with E-state index in [1.54, 1.807) is 6.20 Å². The van der Waals surface area contributed by atoms with Crippen molar-refractivity contribution < 1.29 is 4.79 Å². The zero-order valence-electron chi connectivity index (χ0n) is 11.5. The Morgan fingerprint density at radius 2 is 1.89 bits per heavy atom. The van der Waals surface area contributed by atoms with Gasteiger partial charge in [0.05, 0.1) is 0 Å². The summed E-state index contributed by atoms with van der Waals surface area (Å²) in [7, 11) is 0. The standard InChI is InChI=1S/C16H23NOS/c1-2-3-4-5-6-7-8-9-13-16(18)19-15-12-10-11-14-17-15/h2,10-12,14H,1,3-9,13H2. The van der Waals surface area contributed by atoms with Gasteiger partial charge in [-0.15, -0.1) is 6.58 Å². The molecule has 3 heteroatoms. The molecule has 0 fully saturated rings. The fraction of sp³-hybridized carbons (Fsp3) is 0.500. The third-order valence-electron chi connectivity index (χ3n) is 2.90. The van der Waals surface area contributed by atoms with Crippen molar-refractivity contribution in [2.45, 2.75) is 56.4 Å². The first kappa shape index (κ1) is 16.0. The van der Waals surface area contributed by atoms with Gasteiger partial charge in [0.15, 0.2) is 5.12 Å². The van der Waals surface area contributed by atoms with Crippen LogP contribution < -0.4 is 0 Å². The molecule has 0 atom stereocenters. The van der Waals surface area contributed by atoms with Crippen molar-refractivity contribution in [3.63, 3.8) is 0 Å². The molecule has 0 amide bonds. The normalized spacial score (nSPS) is 10.3. The molecule has 0 aliphatic carbocycles. The first-order chi connectivity index (χ1) is 9.33. The molecule has 0 spiro atoms. The van der Waals surface area contributed by atoms with Crippen molar-refractivity contribution in [2.75, 3.05) is 0 Å². The Labute approximate surface area is 120 Å². The highest BCUT2D eigenvalue weighted by Gasteiger charge is 2.04. The predicted molar refractivity (Wildman–Crippen MR) is 82.2 cm³/mol. The Bertz CT molecular complexity index is 364. The number of aromatic nitrogens is 1. The Morgan fingerprint density at radius 3 is 2.58 bits per heavy atom. The lowest BCUT2D eigenvalue weighted by atomic mass is 10.1. The van der Waals surface area contributed by atoms with Crippen LogP contribution in [0.5, 0.6) is 0 Å². The predicted octanol–water partition coefficient (Wildman–Crippen LogP) is 5.01. The van der Waals surface area contributed by atoms with Gasteiger partial charge in [0.25, 0.3) is 0 Å². The van der Waals surface area contributed by atoms with E-state index in [1.807, 2.05) is 24.3 Å². The number of carbonyl (C=O) groups is 1. The van der Waals surface area contributed by atoms with Gasteiger partial charge in [-0.1, -0.05) is 37.8 Å². The maximum Gasteiger partial charge on any atom is 0.195 e. The second-order valence-corrected chi connectivity index (χ2v) is 5.67. The SMILES string of the molecule is C=CCCCCCCCCC(=O)Sc1ccccn1. The molecule has 0 saturated heterocycles. The van der Waals surface area contributed by atoms with Crippen LogP contribution in [-0.2, 0) is 4.79 Å². The summed E-state index contributed by atoms with van der Waals surface area (Å²) >= 11 is 1.26. The van der Waals surface area contributed by atoms with Gasteiger partial charge in [0.1, 0.15) is 5.03 Å². The van der Waals surface area contributed by atoms with E-state index >= 15 is 0 Å². The first-order valence-corrected chi connectivity index (χ1v) is 7.87. The highest BCUT2D eigenvalue weighted by Crippen LogP contribution is 2.19. The number of thioether (sulfide) groups is 1. The average molecular weight is 277 g/mol. The van der Waals surface area contributed by atoms with Crippen molar-refractivity contribution in [2.24, 2.45) is 0 Å². The number of rotatable bonds is 10. The van der Waals surface area contributed by atoms with E-state index < -0.39 is 0 Å². The molecule has 0 N–H and O–H groups in total. The molecule has 0 bridgehead atoms. The van der Waals surface area contributed by atoms with Crippen LogP contribution in [0.15, 0.2) is 42.1 Å². The Balaban J connectivity index is 1.97. The van der Waals surface area contributed by atoms with Gasteiger partial charge in [0.2, 0.25) is 0 Å². The highest BCUT2D eigenvalue weighted by molar-refractivity contribution is 8.13. The second-order valence-electron chi connectivity index (χ2n) is 4.59. The number of carbonyl (C=O) groups excluding carboxylic acids is 1. The van der Waals surface area contributed by atoms with E-state index in [9.17, 15) is 4.79 Å². The Morgan fingerprint density at radius 1 is 1.16 bits per heavy atom. The molecule has 0 radical (unpaired) electrons. The topological polar surface area (TPSA) is 30.0 Å². The van der Waals surface area contributed by atoms with Crippen LogP contribution in [0.3, 0.4) is 0 Å². The van der Waals surface area contributed by atoms with Gasteiger partial charge in [-0.2, -0.15) is 0 Å². The number of nitrogens with zero attached hydrogens (tertiary/aromatic N) is 1. The van der Waals surface area contributed by atoms with Crippen LogP contribution >= 0.6 is 11.8 Å². The molecule has 0 aliphatic heterocycles. The summed E-state index contributed by atoms with van der Waals surface area (Å²) in [6.07, 6.45) is 12.7. The van der Waals surface area contributed by atoms with Crippen molar-refractivity contribution in [1.29, 1.82) is 0 Å². The third kappa shape index (κ3) is 8.60. The molecule has 0 unspecified atom stereocenters. The van der Waals surface area contributed by atoms with Crippen LogP contribution in [-0.4, -0.2) is 10.1 Å². The van der Waals surface area contributed by atoms with Gasteiger partial charge in [-0.3, -0.25) is 4.79 Å². The molecule has 1 aromatic rings. The minimum atomic E-state index is 0.227. The largest absolute Gasteiger partial charge is 0.287 e. The summed E-state index contributed by atoms with van der Waals surface area (Å²) in [4.78, 5) is 15.8. The summed E-state index contributed by atoms with van der Waals surface area (Å²) in [5.74, 6) is 0. The van der Waals surface area contributed by atoms with Gasteiger partial charge >= 0.3 is 0 Å². The Kier molecular flexibility index (Phi) is 9.07. The number of pyridine rings is 1. The number of hydrogen-bond acceptors (Lipinski definition) is 3. The molecule has 0 saturated carbocycles. The molecule has 104 valence electrons. The maximum atomic E-state index is 11.7. The summed E-state index contributed by atoms with van der Waals surface area (Å²) < 4.78 is 0. The average Bonchev–Trinajstić information content (AvgIpc) is 2.43. The summed E-state index contributed by atoms with van der Waals surface area (Å²) in [5, 5.41) is 1.03. The fourth-order valence-corrected chi connectivity index (χ4v) is 2.58. The summed E-state index contributed by atoms with van der Waals surface area (Å²) in [5.41, 5.74) is 0. The lowest BCUT2D eigenvalue weighted by Crippen LogP contribution is -1.92. The zero-order valence-corrected chi connectivity index (χ0v) is 12.3. The molecule has 0 aromatic carbocycles. The van der Waals surface area contributed by atoms with Gasteiger partial charge < -0.3 is 0 Å². The summed E-state index contributed by atoms with van der Waals surface area (Å²) in [6.45, 7) is 3.72. The van der Waals surface area contributed by atoms with Crippen LogP contribution in [0, 0.1) is 0 Å². The molecule has 2 nitrogen and oxygen atoms in total. The smallest absolute Gasteiger partial charge is 0.195 e. The van der Waals surface area contributed by atoms with Gasteiger partial charge in [-0.05, 0) is 43.2 Å². The van der Waals surface area contributed by atoms with E-state index in [0.29, 0.717) is 6.42 Å². The van der Waals surface area contributed by atoms with Crippen LogP contribution in [0.1, 0.15) is 51.4 Å². The minimum absolute atomic E-state index is 0.227. The molecule has 1 heterocycles. The molecular weight excluding hydrogens is 254 g/mol. The second kappa shape index (κ2) is 10.8. The van der Waals surface area contributed by atoms with Crippen LogP contribution in [0.4, 0.5) is 0 Å². The fourth-order valence-electron chi connectivity index (χ4n) is 1.84. The lowest BCUT2D eigenvalue weighted by Gasteiger charge is -2.01. The van der Waals surface area contributed by atoms with E-state index in [-0.39, 0.29) is 5.12 Å². The van der Waals surface area contributed by atoms with Crippen molar-refractivity contribution in [3.05, 3.63) is 37.1 Å². The maximum absolute atomic E-state index is 11.7. The number of allylic oxidation sites excluding steroid dienone is 1. The van der Waals surface area contributed by atoms with Crippen LogP contribution in [0.25, 0.3) is 0 Å². The Hall–Kier alpha value is -1.09. The van der Waals surface area contributed by atoms with E-state index in [4.69, 9.17) is 0 Å². The highest BCUT2D eigenvalue weighted by atomic mass is 32.2. The van der Waals surface area contributed by atoms with Gasteiger partial charge in [-0.25, -0.2) is 4.98 Å². The summed E-state index contributed by atoms with van der Waals surface area (Å²) in [6, 6.07) is 5.65. The zero-order chi connectivity index (χ0) is 13.8. The molecule has 19 heavy (non-hydrogen) atoms. The van der Waals surface area contributed by atoms with Crippen LogP contribution in [0.2, 0.25) is 0 Å². The van der Waals surface area contributed by atoms with E-state index in [1.165, 1.54) is 37.4 Å². The quantitative estimate of drug-likeness (QED) is 0.342.